The Morgan fingerprint density at radius 3 is 2.00 bits per heavy atom. The number of hydrogen-bond acceptors (Lipinski definition) is 3. The lowest BCUT2D eigenvalue weighted by atomic mass is 10.1. The zero-order valence-electron chi connectivity index (χ0n) is 15.7. The number of fused-ring (bicyclic) bond motifs is 3. The summed E-state index contributed by atoms with van der Waals surface area (Å²) in [7, 11) is 1.67. The molecule has 0 spiro atoms. The number of thiophene rings is 2. The number of ether oxygens (including phenoxy) is 1. The first kappa shape index (κ1) is 17.7. The maximum atomic E-state index is 5.20. The molecule has 0 unspecified atom stereocenters. The molecule has 0 saturated heterocycles. The zero-order chi connectivity index (χ0) is 19.6. The summed E-state index contributed by atoms with van der Waals surface area (Å²) in [6, 6.07) is 24.7. The van der Waals surface area contributed by atoms with Crippen molar-refractivity contribution >= 4 is 42.8 Å². The van der Waals surface area contributed by atoms with E-state index in [1.54, 1.807) is 29.8 Å². The molecule has 3 heteroatoms. The average Bonchev–Trinajstić information content (AvgIpc) is 3.49. The van der Waals surface area contributed by atoms with Gasteiger partial charge < -0.3 is 4.74 Å². The molecule has 0 saturated carbocycles. The van der Waals surface area contributed by atoms with Gasteiger partial charge in [0.25, 0.3) is 0 Å². The molecule has 3 aromatic carbocycles. The third kappa shape index (κ3) is 3.67. The molecular formula is C26H15OS2-. The molecule has 138 valence electrons. The maximum absolute atomic E-state index is 5.20. The Balaban J connectivity index is 1.49. The van der Waals surface area contributed by atoms with Crippen LogP contribution >= 0.6 is 22.7 Å². The fourth-order valence-electron chi connectivity index (χ4n) is 3.15. The summed E-state index contributed by atoms with van der Waals surface area (Å²) in [5, 5.41) is 2.51. The predicted molar refractivity (Wildman–Crippen MR) is 124 cm³/mol. The molecule has 29 heavy (non-hydrogen) atoms. The lowest BCUT2D eigenvalue weighted by Gasteiger charge is -1.97. The average molecular weight is 408 g/mol. The van der Waals surface area contributed by atoms with Crippen molar-refractivity contribution in [3.05, 3.63) is 93.7 Å². The molecule has 0 aliphatic rings. The molecule has 0 bridgehead atoms. The molecule has 5 aromatic rings. The van der Waals surface area contributed by atoms with E-state index in [9.17, 15) is 0 Å². The SMILES string of the molecule is COc1ccc(C#Cc2cc3c(ccc4sc(C#Cc5ccc[cH-]5)cc43)s2)cc1. The Labute approximate surface area is 177 Å². The fraction of sp³-hybridized carbons (Fsp3) is 0.0385. The van der Waals surface area contributed by atoms with Gasteiger partial charge in [-0.3, -0.25) is 0 Å². The van der Waals surface area contributed by atoms with E-state index in [1.807, 2.05) is 48.5 Å². The van der Waals surface area contributed by atoms with Crippen molar-refractivity contribution in [1.29, 1.82) is 0 Å². The van der Waals surface area contributed by atoms with Crippen LogP contribution in [0.3, 0.4) is 0 Å². The molecule has 0 aliphatic carbocycles. The second kappa shape index (κ2) is 7.57. The van der Waals surface area contributed by atoms with Gasteiger partial charge in [-0.1, -0.05) is 11.8 Å². The van der Waals surface area contributed by atoms with E-state index in [-0.39, 0.29) is 0 Å². The minimum absolute atomic E-state index is 0.842. The number of hydrogen-bond donors (Lipinski definition) is 0. The highest BCUT2D eigenvalue weighted by atomic mass is 32.1. The topological polar surface area (TPSA) is 9.23 Å². The van der Waals surface area contributed by atoms with Crippen LogP contribution in [0.5, 0.6) is 5.75 Å². The van der Waals surface area contributed by atoms with Crippen LogP contribution in [-0.2, 0) is 0 Å². The van der Waals surface area contributed by atoms with Gasteiger partial charge in [-0.25, -0.2) is 0 Å². The van der Waals surface area contributed by atoms with Gasteiger partial charge in [-0.15, -0.1) is 40.2 Å². The van der Waals surface area contributed by atoms with Crippen LogP contribution in [0.1, 0.15) is 20.9 Å². The number of benzene rings is 2. The monoisotopic (exact) mass is 407 g/mol. The molecule has 0 fully saturated rings. The van der Waals surface area contributed by atoms with Gasteiger partial charge >= 0.3 is 0 Å². The third-order valence-corrected chi connectivity index (χ3v) is 6.64. The van der Waals surface area contributed by atoms with Gasteiger partial charge in [-0.2, -0.15) is 24.1 Å². The van der Waals surface area contributed by atoms with Crippen molar-refractivity contribution in [2.45, 2.75) is 0 Å². The smallest absolute Gasteiger partial charge is 0.118 e. The van der Waals surface area contributed by atoms with E-state index in [1.165, 1.54) is 20.2 Å². The first-order valence-electron chi connectivity index (χ1n) is 9.14. The second-order valence-electron chi connectivity index (χ2n) is 6.51. The van der Waals surface area contributed by atoms with Crippen LogP contribution in [0, 0.1) is 23.7 Å². The first-order chi connectivity index (χ1) is 14.3. The van der Waals surface area contributed by atoms with Crippen molar-refractivity contribution in [3.8, 4) is 29.4 Å². The maximum Gasteiger partial charge on any atom is 0.118 e. The Hall–Kier alpha value is -3.37. The van der Waals surface area contributed by atoms with Crippen molar-refractivity contribution in [2.24, 2.45) is 0 Å². The molecule has 0 N–H and O–H groups in total. The van der Waals surface area contributed by atoms with E-state index in [0.29, 0.717) is 0 Å². The van der Waals surface area contributed by atoms with Crippen molar-refractivity contribution in [1.82, 2.24) is 0 Å². The van der Waals surface area contributed by atoms with Crippen LogP contribution in [0.4, 0.5) is 0 Å². The van der Waals surface area contributed by atoms with E-state index < -0.39 is 0 Å². The first-order valence-corrected chi connectivity index (χ1v) is 10.8. The fourth-order valence-corrected chi connectivity index (χ4v) is 5.01. The highest BCUT2D eigenvalue weighted by Crippen LogP contribution is 2.36. The van der Waals surface area contributed by atoms with Crippen LogP contribution in [0.2, 0.25) is 0 Å². The molecule has 0 aliphatic heterocycles. The number of methoxy groups -OCH3 is 1. The van der Waals surface area contributed by atoms with Gasteiger partial charge in [0.1, 0.15) is 5.75 Å². The summed E-state index contributed by atoms with van der Waals surface area (Å²) in [4.78, 5) is 2.16. The Morgan fingerprint density at radius 1 is 0.759 bits per heavy atom. The lowest BCUT2D eigenvalue weighted by molar-refractivity contribution is 0.415. The van der Waals surface area contributed by atoms with Crippen molar-refractivity contribution in [2.75, 3.05) is 7.11 Å². The number of rotatable bonds is 1. The Kier molecular flexibility index (Phi) is 4.62. The van der Waals surface area contributed by atoms with Gasteiger partial charge in [0, 0.05) is 25.7 Å². The summed E-state index contributed by atoms with van der Waals surface area (Å²) in [5.41, 5.74) is 2.04. The molecule has 0 amide bonds. The van der Waals surface area contributed by atoms with Crippen LogP contribution in [-0.4, -0.2) is 7.11 Å². The lowest BCUT2D eigenvalue weighted by Crippen LogP contribution is -1.81. The van der Waals surface area contributed by atoms with Gasteiger partial charge in [0.05, 0.1) is 16.9 Å². The Bertz CT molecular complexity index is 1420. The van der Waals surface area contributed by atoms with E-state index >= 15 is 0 Å². The normalized spacial score (nSPS) is 10.4. The van der Waals surface area contributed by atoms with Gasteiger partial charge in [-0.05, 0) is 48.5 Å². The molecule has 1 nitrogen and oxygen atoms in total. The summed E-state index contributed by atoms with van der Waals surface area (Å²) in [6.45, 7) is 0. The predicted octanol–water partition coefficient (Wildman–Crippen LogP) is 6.64. The summed E-state index contributed by atoms with van der Waals surface area (Å²) in [5.74, 6) is 13.9. The van der Waals surface area contributed by atoms with Crippen LogP contribution < -0.4 is 4.74 Å². The molecule has 5 rings (SSSR count). The highest BCUT2D eigenvalue weighted by molar-refractivity contribution is 7.21. The zero-order valence-corrected chi connectivity index (χ0v) is 17.3. The summed E-state index contributed by atoms with van der Waals surface area (Å²) < 4.78 is 7.71. The van der Waals surface area contributed by atoms with E-state index in [0.717, 1.165) is 26.6 Å². The summed E-state index contributed by atoms with van der Waals surface area (Å²) in [6.07, 6.45) is 0. The van der Waals surface area contributed by atoms with Crippen LogP contribution in [0.15, 0.2) is 72.8 Å². The standard InChI is InChI=1S/C26H15OS2/c1-27-20-10-6-19(7-11-20)9-13-22-17-24-23-16-21(12-8-18-4-2-3-5-18)28-25(23)14-15-26(24)29-22/h2-7,10-11,14-17H,1H3/q-1. The van der Waals surface area contributed by atoms with Gasteiger partial charge in [0.15, 0.2) is 0 Å². The second-order valence-corrected chi connectivity index (χ2v) is 8.68. The molecule has 0 atom stereocenters. The molecular weight excluding hydrogens is 392 g/mol. The largest absolute Gasteiger partial charge is 0.497 e. The van der Waals surface area contributed by atoms with E-state index in [2.05, 4.69) is 47.9 Å². The molecule has 2 aromatic heterocycles. The highest BCUT2D eigenvalue weighted by Gasteiger charge is 2.07. The van der Waals surface area contributed by atoms with Gasteiger partial charge in [0.2, 0.25) is 0 Å². The third-order valence-electron chi connectivity index (χ3n) is 4.61. The quantitative estimate of drug-likeness (QED) is 0.223. The minimum atomic E-state index is 0.842. The van der Waals surface area contributed by atoms with Crippen molar-refractivity contribution in [3.63, 3.8) is 0 Å². The van der Waals surface area contributed by atoms with E-state index in [4.69, 9.17) is 4.74 Å². The van der Waals surface area contributed by atoms with Crippen LogP contribution in [0.25, 0.3) is 20.2 Å². The minimum Gasteiger partial charge on any atom is -0.497 e. The van der Waals surface area contributed by atoms with Crippen molar-refractivity contribution < 1.29 is 4.74 Å². The molecule has 0 radical (unpaired) electrons. The molecule has 2 heterocycles. The Morgan fingerprint density at radius 2 is 1.41 bits per heavy atom. The summed E-state index contributed by atoms with van der Waals surface area (Å²) >= 11 is 3.47.